The van der Waals surface area contributed by atoms with E-state index < -0.39 is 13.4 Å². The number of phosphoric ester groups is 1. The van der Waals surface area contributed by atoms with Gasteiger partial charge in [-0.15, -0.1) is 0 Å². The van der Waals surface area contributed by atoms with E-state index in [-0.39, 0.29) is 12.5 Å². The summed E-state index contributed by atoms with van der Waals surface area (Å²) in [7, 11) is -3.88. The molecule has 2 atom stereocenters. The molecule has 14 heavy (non-hydrogen) atoms. The van der Waals surface area contributed by atoms with Crippen molar-refractivity contribution in [3.05, 3.63) is 0 Å². The van der Waals surface area contributed by atoms with Crippen LogP contribution in [0.5, 0.6) is 0 Å². The summed E-state index contributed by atoms with van der Waals surface area (Å²) in [6, 6.07) is 0. The van der Waals surface area contributed by atoms with Crippen LogP contribution in [-0.4, -0.2) is 17.1 Å². The highest BCUT2D eigenvalue weighted by atomic mass is 31.2. The fraction of sp³-hybridized carbons (Fsp3) is 1.00. The molecule has 1 N–H and O–H groups in total. The molecule has 0 aliphatic carbocycles. The Kier molecular flexibility index (Phi) is 5.31. The number of phosphoric acid groups is 1. The lowest BCUT2D eigenvalue weighted by molar-refractivity contribution is 0.0559. The van der Waals surface area contributed by atoms with Crippen LogP contribution in [0.25, 0.3) is 0 Å². The number of hydrogen-bond donors (Lipinski definition) is 1. The SMILES string of the molecule is CCC(C)COP(=O)(O)OC(C)(C)C. The average molecular weight is 224 g/mol. The van der Waals surface area contributed by atoms with E-state index in [9.17, 15) is 9.46 Å². The van der Waals surface area contributed by atoms with E-state index in [1.54, 1.807) is 20.8 Å². The fourth-order valence-electron chi connectivity index (χ4n) is 0.712. The molecule has 0 aliphatic heterocycles. The van der Waals surface area contributed by atoms with Gasteiger partial charge in [0.2, 0.25) is 0 Å². The third kappa shape index (κ3) is 7.51. The lowest BCUT2D eigenvalue weighted by Gasteiger charge is -2.23. The van der Waals surface area contributed by atoms with Crippen molar-refractivity contribution < 1.29 is 18.5 Å². The van der Waals surface area contributed by atoms with E-state index in [0.29, 0.717) is 0 Å². The van der Waals surface area contributed by atoms with Gasteiger partial charge in [-0.2, -0.15) is 0 Å². The standard InChI is InChI=1S/C9H21O4P/c1-6-8(2)7-12-14(10,11)13-9(3,4)5/h8H,6-7H2,1-5H3,(H,10,11). The molecule has 0 fully saturated rings. The predicted octanol–water partition coefficient (Wildman–Crippen LogP) is 2.96. The van der Waals surface area contributed by atoms with Crippen LogP contribution >= 0.6 is 7.82 Å². The summed E-state index contributed by atoms with van der Waals surface area (Å²) in [6.07, 6.45) is 0.912. The molecule has 0 saturated heterocycles. The zero-order chi connectivity index (χ0) is 11.4. The number of rotatable bonds is 5. The summed E-state index contributed by atoms with van der Waals surface area (Å²) in [6.45, 7) is 9.34. The first kappa shape index (κ1) is 14.1. The summed E-state index contributed by atoms with van der Waals surface area (Å²) in [4.78, 5) is 9.31. The molecule has 0 bridgehead atoms. The zero-order valence-electron chi connectivity index (χ0n) is 9.61. The highest BCUT2D eigenvalue weighted by Gasteiger charge is 2.28. The van der Waals surface area contributed by atoms with Crippen LogP contribution in [0.4, 0.5) is 0 Å². The maximum Gasteiger partial charge on any atom is 0.472 e. The highest BCUT2D eigenvalue weighted by molar-refractivity contribution is 7.47. The third-order valence-electron chi connectivity index (χ3n) is 1.61. The second-order valence-electron chi connectivity index (χ2n) is 4.48. The van der Waals surface area contributed by atoms with Crippen molar-refractivity contribution in [1.29, 1.82) is 0 Å². The molecular weight excluding hydrogens is 203 g/mol. The molecule has 0 spiro atoms. The van der Waals surface area contributed by atoms with Gasteiger partial charge in [0.05, 0.1) is 12.2 Å². The third-order valence-corrected chi connectivity index (χ3v) is 2.86. The first-order valence-corrected chi connectivity index (χ1v) is 6.34. The van der Waals surface area contributed by atoms with E-state index >= 15 is 0 Å². The van der Waals surface area contributed by atoms with Gasteiger partial charge in [-0.3, -0.25) is 9.05 Å². The van der Waals surface area contributed by atoms with Crippen molar-refractivity contribution in [2.45, 2.75) is 46.6 Å². The molecule has 5 heteroatoms. The van der Waals surface area contributed by atoms with Gasteiger partial charge in [0.25, 0.3) is 0 Å². The van der Waals surface area contributed by atoms with E-state index in [1.807, 2.05) is 13.8 Å². The maximum absolute atomic E-state index is 11.4. The Morgan fingerprint density at radius 3 is 2.29 bits per heavy atom. The largest absolute Gasteiger partial charge is 0.472 e. The van der Waals surface area contributed by atoms with Gasteiger partial charge >= 0.3 is 7.82 Å². The van der Waals surface area contributed by atoms with Gasteiger partial charge in [-0.05, 0) is 26.7 Å². The van der Waals surface area contributed by atoms with Gasteiger partial charge in [-0.25, -0.2) is 4.57 Å². The Morgan fingerprint density at radius 2 is 1.93 bits per heavy atom. The lowest BCUT2D eigenvalue weighted by Crippen LogP contribution is -2.18. The van der Waals surface area contributed by atoms with Crippen LogP contribution < -0.4 is 0 Å². The average Bonchev–Trinajstić information content (AvgIpc) is 1.96. The van der Waals surface area contributed by atoms with E-state index in [1.165, 1.54) is 0 Å². The van der Waals surface area contributed by atoms with Gasteiger partial charge < -0.3 is 4.89 Å². The Labute approximate surface area is 86.2 Å². The molecule has 0 aromatic rings. The van der Waals surface area contributed by atoms with Gasteiger partial charge in [0, 0.05) is 0 Å². The van der Waals surface area contributed by atoms with Crippen LogP contribution in [-0.2, 0) is 13.6 Å². The quantitative estimate of drug-likeness (QED) is 0.729. The fourth-order valence-corrected chi connectivity index (χ4v) is 1.90. The lowest BCUT2D eigenvalue weighted by atomic mass is 10.1. The second kappa shape index (κ2) is 5.26. The molecule has 86 valence electrons. The molecule has 0 radical (unpaired) electrons. The first-order valence-electron chi connectivity index (χ1n) is 4.84. The first-order chi connectivity index (χ1) is 6.16. The molecule has 4 nitrogen and oxygen atoms in total. The highest BCUT2D eigenvalue weighted by Crippen LogP contribution is 2.47. The van der Waals surface area contributed by atoms with Crippen LogP contribution in [0.15, 0.2) is 0 Å². The monoisotopic (exact) mass is 224 g/mol. The molecule has 0 aliphatic rings. The van der Waals surface area contributed by atoms with Crippen LogP contribution in [0.1, 0.15) is 41.0 Å². The molecular formula is C9H21O4P. The molecule has 0 rings (SSSR count). The molecule has 0 heterocycles. The summed E-state index contributed by atoms with van der Waals surface area (Å²) in [5, 5.41) is 0. The van der Waals surface area contributed by atoms with Gasteiger partial charge in [-0.1, -0.05) is 20.3 Å². The number of hydrogen-bond acceptors (Lipinski definition) is 3. The Morgan fingerprint density at radius 1 is 1.43 bits per heavy atom. The minimum Gasteiger partial charge on any atom is -0.302 e. The molecule has 2 unspecified atom stereocenters. The van der Waals surface area contributed by atoms with E-state index in [4.69, 9.17) is 9.05 Å². The smallest absolute Gasteiger partial charge is 0.302 e. The molecule has 0 amide bonds. The summed E-state index contributed by atoms with van der Waals surface area (Å²) >= 11 is 0. The van der Waals surface area contributed by atoms with Crippen molar-refractivity contribution in [2.75, 3.05) is 6.61 Å². The van der Waals surface area contributed by atoms with Crippen molar-refractivity contribution in [2.24, 2.45) is 5.92 Å². The molecule has 0 aromatic heterocycles. The van der Waals surface area contributed by atoms with E-state index in [0.717, 1.165) is 6.42 Å². The van der Waals surface area contributed by atoms with Crippen molar-refractivity contribution >= 4 is 7.82 Å². The van der Waals surface area contributed by atoms with Crippen LogP contribution in [0.2, 0.25) is 0 Å². The Hall–Kier alpha value is 0.110. The summed E-state index contributed by atoms with van der Waals surface area (Å²) in [5.41, 5.74) is -0.667. The molecule has 0 aromatic carbocycles. The summed E-state index contributed by atoms with van der Waals surface area (Å²) < 4.78 is 21.1. The van der Waals surface area contributed by atoms with Crippen molar-refractivity contribution in [3.8, 4) is 0 Å². The second-order valence-corrected chi connectivity index (χ2v) is 5.86. The van der Waals surface area contributed by atoms with Gasteiger partial charge in [0.15, 0.2) is 0 Å². The van der Waals surface area contributed by atoms with Crippen LogP contribution in [0.3, 0.4) is 0 Å². The minimum absolute atomic E-state index is 0.250. The van der Waals surface area contributed by atoms with Gasteiger partial charge in [0.1, 0.15) is 0 Å². The predicted molar refractivity (Wildman–Crippen MR) is 56.1 cm³/mol. The van der Waals surface area contributed by atoms with Crippen molar-refractivity contribution in [1.82, 2.24) is 0 Å². The molecule has 0 saturated carbocycles. The Balaban J connectivity index is 4.03. The van der Waals surface area contributed by atoms with E-state index in [2.05, 4.69) is 0 Å². The Bertz CT molecular complexity index is 209. The zero-order valence-corrected chi connectivity index (χ0v) is 10.5. The van der Waals surface area contributed by atoms with Crippen molar-refractivity contribution in [3.63, 3.8) is 0 Å². The van der Waals surface area contributed by atoms with Crippen LogP contribution in [0, 0.1) is 5.92 Å². The minimum atomic E-state index is -3.88. The maximum atomic E-state index is 11.4. The topological polar surface area (TPSA) is 55.8 Å². The normalized spacial score (nSPS) is 19.0. The summed E-state index contributed by atoms with van der Waals surface area (Å²) in [5.74, 6) is 0.263.